The fourth-order valence-electron chi connectivity index (χ4n) is 1.57. The molecule has 0 spiro atoms. The molecule has 1 N–H and O–H groups in total. The third-order valence-electron chi connectivity index (χ3n) is 2.44. The van der Waals surface area contributed by atoms with Crippen LogP contribution in [0.1, 0.15) is 0 Å². The van der Waals surface area contributed by atoms with Crippen molar-refractivity contribution in [1.29, 1.82) is 5.26 Å². The fraction of sp³-hybridized carbons (Fsp3) is 0.273. The number of anilines is 1. The van der Waals surface area contributed by atoms with E-state index in [-0.39, 0.29) is 0 Å². The molecule has 6 heteroatoms. The molecule has 17 heavy (non-hydrogen) atoms. The zero-order valence-corrected chi connectivity index (χ0v) is 10.5. The Hall–Kier alpha value is -1.44. The van der Waals surface area contributed by atoms with Gasteiger partial charge >= 0.3 is 0 Å². The van der Waals surface area contributed by atoms with Crippen molar-refractivity contribution in [2.45, 2.75) is 0 Å². The van der Waals surface area contributed by atoms with Crippen LogP contribution in [0.15, 0.2) is 23.2 Å². The van der Waals surface area contributed by atoms with Gasteiger partial charge in [-0.25, -0.2) is 0 Å². The zero-order valence-electron chi connectivity index (χ0n) is 8.95. The van der Waals surface area contributed by atoms with Crippen LogP contribution in [0.3, 0.4) is 0 Å². The minimum absolute atomic E-state index is 0.466. The van der Waals surface area contributed by atoms with Gasteiger partial charge in [-0.05, 0) is 12.1 Å². The molecule has 0 atom stereocenters. The summed E-state index contributed by atoms with van der Waals surface area (Å²) >= 11 is 11.9. The zero-order chi connectivity index (χ0) is 12.3. The highest BCUT2D eigenvalue weighted by Crippen LogP contribution is 2.29. The second-order valence-corrected chi connectivity index (χ2v) is 4.29. The molecule has 0 radical (unpaired) electrons. The second kappa shape index (κ2) is 5.26. The minimum Gasteiger partial charge on any atom is -0.377 e. The first kappa shape index (κ1) is 12.0. The summed E-state index contributed by atoms with van der Waals surface area (Å²) in [5.41, 5.74) is 0.742. The van der Waals surface area contributed by atoms with Crippen LogP contribution < -0.4 is 5.32 Å². The fourth-order valence-corrected chi connectivity index (χ4v) is 1.93. The topological polar surface area (TPSA) is 51.4 Å². The first-order valence-corrected chi connectivity index (χ1v) is 5.86. The quantitative estimate of drug-likeness (QED) is 0.858. The largest absolute Gasteiger partial charge is 0.377 e. The number of amidine groups is 1. The summed E-state index contributed by atoms with van der Waals surface area (Å²) in [5, 5.41) is 13.0. The maximum atomic E-state index is 8.85. The second-order valence-electron chi connectivity index (χ2n) is 3.50. The van der Waals surface area contributed by atoms with Gasteiger partial charge in [0.15, 0.2) is 6.19 Å². The van der Waals surface area contributed by atoms with Gasteiger partial charge in [-0.1, -0.05) is 29.3 Å². The van der Waals surface area contributed by atoms with E-state index in [1.165, 1.54) is 0 Å². The summed E-state index contributed by atoms with van der Waals surface area (Å²) in [6.45, 7) is 1.78. The van der Waals surface area contributed by atoms with E-state index in [4.69, 9.17) is 28.5 Å². The number of halogens is 2. The van der Waals surface area contributed by atoms with E-state index in [0.29, 0.717) is 29.7 Å². The molecule has 2 rings (SSSR count). The molecule has 1 aromatic rings. The highest BCUT2D eigenvalue weighted by Gasteiger charge is 2.16. The van der Waals surface area contributed by atoms with E-state index in [0.717, 1.165) is 11.5 Å². The van der Waals surface area contributed by atoms with Crippen molar-refractivity contribution in [3.63, 3.8) is 0 Å². The Balaban J connectivity index is 2.04. The summed E-state index contributed by atoms with van der Waals surface area (Å²) in [5.74, 6) is 0.726. The van der Waals surface area contributed by atoms with Crippen molar-refractivity contribution in [2.24, 2.45) is 4.99 Å². The summed E-state index contributed by atoms with van der Waals surface area (Å²) < 4.78 is 0. The van der Waals surface area contributed by atoms with Crippen LogP contribution in [0, 0.1) is 11.5 Å². The number of benzene rings is 1. The average Bonchev–Trinajstić information content (AvgIpc) is 2.78. The van der Waals surface area contributed by atoms with Crippen molar-refractivity contribution >= 4 is 34.7 Å². The SMILES string of the molecule is N#CN1CCN=C1CNc1cccc(Cl)c1Cl. The lowest BCUT2D eigenvalue weighted by Crippen LogP contribution is -2.28. The van der Waals surface area contributed by atoms with Gasteiger partial charge in [0.25, 0.3) is 0 Å². The van der Waals surface area contributed by atoms with Crippen LogP contribution in [0.4, 0.5) is 5.69 Å². The smallest absolute Gasteiger partial charge is 0.185 e. The van der Waals surface area contributed by atoms with E-state index in [1.54, 1.807) is 11.0 Å². The molecule has 0 unspecified atom stereocenters. The first-order chi connectivity index (χ1) is 8.22. The Kier molecular flexibility index (Phi) is 3.72. The lowest BCUT2D eigenvalue weighted by Gasteiger charge is -2.13. The van der Waals surface area contributed by atoms with Crippen LogP contribution in [0.5, 0.6) is 0 Å². The van der Waals surface area contributed by atoms with Crippen LogP contribution in [-0.2, 0) is 0 Å². The van der Waals surface area contributed by atoms with Crippen molar-refractivity contribution in [1.82, 2.24) is 4.90 Å². The minimum atomic E-state index is 0.466. The molecule has 0 amide bonds. The molecule has 1 aromatic carbocycles. The van der Waals surface area contributed by atoms with Crippen LogP contribution in [-0.4, -0.2) is 30.4 Å². The number of aliphatic imine (C=N–C) groups is 1. The molecule has 0 saturated carbocycles. The van der Waals surface area contributed by atoms with Crippen LogP contribution in [0.25, 0.3) is 0 Å². The molecule has 0 fully saturated rings. The number of nitriles is 1. The van der Waals surface area contributed by atoms with Crippen molar-refractivity contribution < 1.29 is 0 Å². The Bertz CT molecular complexity index is 493. The molecular weight excluding hydrogens is 259 g/mol. The Labute approximate surface area is 109 Å². The summed E-state index contributed by atoms with van der Waals surface area (Å²) in [7, 11) is 0. The number of hydrogen-bond acceptors (Lipinski definition) is 4. The highest BCUT2D eigenvalue weighted by molar-refractivity contribution is 6.43. The van der Waals surface area contributed by atoms with Crippen LogP contribution in [0.2, 0.25) is 10.0 Å². The maximum Gasteiger partial charge on any atom is 0.185 e. The monoisotopic (exact) mass is 268 g/mol. The Morgan fingerprint density at radius 3 is 3.06 bits per heavy atom. The van der Waals surface area contributed by atoms with E-state index >= 15 is 0 Å². The van der Waals surface area contributed by atoms with Gasteiger partial charge in [0.05, 0.1) is 35.4 Å². The van der Waals surface area contributed by atoms with Gasteiger partial charge in [0.1, 0.15) is 5.84 Å². The number of rotatable bonds is 3. The van der Waals surface area contributed by atoms with Gasteiger partial charge in [0, 0.05) is 0 Å². The summed E-state index contributed by atoms with van der Waals surface area (Å²) in [6, 6.07) is 5.37. The molecule has 1 aliphatic rings. The van der Waals surface area contributed by atoms with E-state index in [1.807, 2.05) is 12.1 Å². The molecule has 0 saturated heterocycles. The predicted molar refractivity (Wildman–Crippen MR) is 69.6 cm³/mol. The average molecular weight is 269 g/mol. The molecular formula is C11H10Cl2N4. The van der Waals surface area contributed by atoms with Crippen LogP contribution >= 0.6 is 23.2 Å². The molecule has 0 aliphatic carbocycles. The summed E-state index contributed by atoms with van der Waals surface area (Å²) in [6.07, 6.45) is 2.08. The number of hydrogen-bond donors (Lipinski definition) is 1. The van der Waals surface area contributed by atoms with Crippen molar-refractivity contribution in [3.8, 4) is 6.19 Å². The predicted octanol–water partition coefficient (Wildman–Crippen LogP) is 2.60. The van der Waals surface area contributed by atoms with E-state index in [9.17, 15) is 0 Å². The van der Waals surface area contributed by atoms with Crippen molar-refractivity contribution in [3.05, 3.63) is 28.2 Å². The molecule has 0 bridgehead atoms. The van der Waals surface area contributed by atoms with Gasteiger partial charge in [-0.15, -0.1) is 0 Å². The molecule has 88 valence electrons. The Morgan fingerprint density at radius 1 is 1.47 bits per heavy atom. The van der Waals surface area contributed by atoms with Crippen molar-refractivity contribution in [2.75, 3.05) is 25.0 Å². The van der Waals surface area contributed by atoms with Gasteiger partial charge in [-0.3, -0.25) is 9.89 Å². The summed E-state index contributed by atoms with van der Waals surface area (Å²) in [4.78, 5) is 5.80. The Morgan fingerprint density at radius 2 is 2.29 bits per heavy atom. The highest BCUT2D eigenvalue weighted by atomic mass is 35.5. The normalized spacial score (nSPS) is 14.4. The molecule has 1 aliphatic heterocycles. The lowest BCUT2D eigenvalue weighted by atomic mass is 10.3. The molecule has 1 heterocycles. The van der Waals surface area contributed by atoms with E-state index in [2.05, 4.69) is 16.5 Å². The third-order valence-corrected chi connectivity index (χ3v) is 3.26. The standard InChI is InChI=1S/C11H10Cl2N4/c12-8-2-1-3-9(11(8)13)16-6-10-15-4-5-17(10)7-14/h1-3,16H,4-6H2. The number of nitrogens with zero attached hydrogens (tertiary/aromatic N) is 3. The van der Waals surface area contributed by atoms with E-state index < -0.39 is 0 Å². The van der Waals surface area contributed by atoms with Gasteiger partial charge in [-0.2, -0.15) is 5.26 Å². The maximum absolute atomic E-state index is 8.85. The first-order valence-electron chi connectivity index (χ1n) is 5.11. The molecule has 4 nitrogen and oxygen atoms in total. The third kappa shape index (κ3) is 2.63. The lowest BCUT2D eigenvalue weighted by molar-refractivity contribution is 0.625. The molecule has 0 aromatic heterocycles. The van der Waals surface area contributed by atoms with Gasteiger partial charge < -0.3 is 5.32 Å². The number of nitrogens with one attached hydrogen (secondary N) is 1. The van der Waals surface area contributed by atoms with Gasteiger partial charge in [0.2, 0.25) is 0 Å².